The lowest BCUT2D eigenvalue weighted by atomic mass is 10.2. The number of halogens is 3. The Balaban J connectivity index is 2.03. The van der Waals surface area contributed by atoms with E-state index < -0.39 is 35.9 Å². The summed E-state index contributed by atoms with van der Waals surface area (Å²) in [6, 6.07) is 5.04. The van der Waals surface area contributed by atoms with E-state index in [0.29, 0.717) is 15.0 Å². The van der Waals surface area contributed by atoms with Gasteiger partial charge in [-0.15, -0.1) is 0 Å². The highest BCUT2D eigenvalue weighted by molar-refractivity contribution is 5.83. The largest absolute Gasteiger partial charge is 0.406 e. The van der Waals surface area contributed by atoms with Crippen molar-refractivity contribution in [1.82, 2.24) is 14.5 Å². The van der Waals surface area contributed by atoms with E-state index in [-0.39, 0.29) is 18.4 Å². The van der Waals surface area contributed by atoms with Crippen LogP contribution in [0.4, 0.5) is 13.2 Å². The lowest BCUT2D eigenvalue weighted by Crippen LogP contribution is -2.42. The minimum atomic E-state index is -4.52. The highest BCUT2D eigenvalue weighted by Gasteiger charge is 2.41. The number of para-hydroxylation sites is 1. The van der Waals surface area contributed by atoms with Crippen LogP contribution in [-0.4, -0.2) is 39.6 Å². The smallest absolute Gasteiger partial charge is 0.332 e. The molecule has 2 heterocycles. The number of rotatable bonds is 2. The third kappa shape index (κ3) is 2.73. The van der Waals surface area contributed by atoms with Crippen LogP contribution >= 0.6 is 0 Å². The number of hydrogen-bond donors (Lipinski definition) is 1. The van der Waals surface area contributed by atoms with E-state index >= 15 is 0 Å². The predicted octanol–water partition coefficient (Wildman–Crippen LogP) is 1.03. The first-order valence-electron chi connectivity index (χ1n) is 6.87. The van der Waals surface area contributed by atoms with Gasteiger partial charge in [0.05, 0.1) is 10.9 Å². The number of benzene rings is 1. The van der Waals surface area contributed by atoms with Crippen molar-refractivity contribution < 1.29 is 18.0 Å². The maximum absolute atomic E-state index is 12.4. The molecule has 1 N–H and O–H groups in total. The summed E-state index contributed by atoms with van der Waals surface area (Å²) in [5, 5.41) is 0.203. The van der Waals surface area contributed by atoms with Crippen molar-refractivity contribution in [2.45, 2.75) is 18.6 Å². The number of likely N-dealkylation sites (tertiary alicyclic amines) is 1. The van der Waals surface area contributed by atoms with Crippen molar-refractivity contribution in [3.63, 3.8) is 0 Å². The standard InChI is InChI=1S/C14H12F3N3O3/c15-14(16,17)7-19-6-5-10(12(19)22)20-11(21)8-3-1-2-4-9(8)18-13(20)23/h1-4,10H,5-7H2,(H,18,23)/t10-/m0/s1. The molecule has 0 radical (unpaired) electrons. The van der Waals surface area contributed by atoms with Gasteiger partial charge in [0.1, 0.15) is 12.6 Å². The van der Waals surface area contributed by atoms with Crippen LogP contribution in [-0.2, 0) is 4.79 Å². The Kier molecular flexibility index (Phi) is 3.50. The summed E-state index contributed by atoms with van der Waals surface area (Å²) in [4.78, 5) is 39.7. The molecule has 1 aliphatic rings. The zero-order valence-electron chi connectivity index (χ0n) is 11.8. The van der Waals surface area contributed by atoms with Crippen molar-refractivity contribution in [3.8, 4) is 0 Å². The van der Waals surface area contributed by atoms with Crippen molar-refractivity contribution in [3.05, 3.63) is 45.1 Å². The Morgan fingerprint density at radius 2 is 1.87 bits per heavy atom. The lowest BCUT2D eigenvalue weighted by molar-refractivity contribution is -0.158. The second kappa shape index (κ2) is 5.25. The number of nitrogens with zero attached hydrogens (tertiary/aromatic N) is 2. The molecule has 2 aromatic rings. The topological polar surface area (TPSA) is 75.2 Å². The summed E-state index contributed by atoms with van der Waals surface area (Å²) in [6.45, 7) is -1.54. The zero-order chi connectivity index (χ0) is 16.8. The zero-order valence-corrected chi connectivity index (χ0v) is 11.8. The van der Waals surface area contributed by atoms with Crippen LogP contribution in [0.1, 0.15) is 12.5 Å². The fraction of sp³-hybridized carbons (Fsp3) is 0.357. The van der Waals surface area contributed by atoms with Crippen LogP contribution < -0.4 is 11.2 Å². The van der Waals surface area contributed by atoms with Gasteiger partial charge in [-0.05, 0) is 18.6 Å². The fourth-order valence-corrected chi connectivity index (χ4v) is 2.79. The van der Waals surface area contributed by atoms with Gasteiger partial charge in [0, 0.05) is 6.54 Å². The molecule has 0 unspecified atom stereocenters. The third-order valence-corrected chi connectivity index (χ3v) is 3.79. The summed E-state index contributed by atoms with van der Waals surface area (Å²) in [5.74, 6) is -0.870. The molecule has 1 amide bonds. The number of aromatic nitrogens is 2. The molecule has 3 rings (SSSR count). The molecular weight excluding hydrogens is 315 g/mol. The molecule has 1 aromatic heterocycles. The molecule has 1 fully saturated rings. The Morgan fingerprint density at radius 1 is 1.17 bits per heavy atom. The van der Waals surface area contributed by atoms with Crippen LogP contribution in [0.2, 0.25) is 0 Å². The molecule has 0 saturated carbocycles. The summed E-state index contributed by atoms with van der Waals surface area (Å²) in [6.07, 6.45) is -4.54. The lowest BCUT2D eigenvalue weighted by Gasteiger charge is -2.18. The molecular formula is C14H12F3N3O3. The van der Waals surface area contributed by atoms with E-state index in [1.165, 1.54) is 12.1 Å². The van der Waals surface area contributed by atoms with E-state index in [1.807, 2.05) is 0 Å². The molecule has 1 aromatic carbocycles. The first-order chi connectivity index (χ1) is 10.8. The van der Waals surface area contributed by atoms with Crippen molar-refractivity contribution in [2.75, 3.05) is 13.1 Å². The maximum atomic E-state index is 12.4. The van der Waals surface area contributed by atoms with Gasteiger partial charge in [-0.25, -0.2) is 9.36 Å². The van der Waals surface area contributed by atoms with Crippen molar-refractivity contribution in [2.24, 2.45) is 0 Å². The molecule has 6 nitrogen and oxygen atoms in total. The van der Waals surface area contributed by atoms with Gasteiger partial charge in [-0.1, -0.05) is 12.1 Å². The Hall–Kier alpha value is -2.58. The average Bonchev–Trinajstić information content (AvgIpc) is 2.79. The normalized spacial score (nSPS) is 18.8. The number of H-pyrrole nitrogens is 1. The van der Waals surface area contributed by atoms with E-state index in [1.54, 1.807) is 12.1 Å². The van der Waals surface area contributed by atoms with E-state index in [4.69, 9.17) is 0 Å². The van der Waals surface area contributed by atoms with Gasteiger partial charge in [-0.3, -0.25) is 9.59 Å². The van der Waals surface area contributed by atoms with Crippen LogP contribution in [0.5, 0.6) is 0 Å². The number of alkyl halides is 3. The highest BCUT2D eigenvalue weighted by Crippen LogP contribution is 2.25. The molecule has 122 valence electrons. The van der Waals surface area contributed by atoms with Gasteiger partial charge >= 0.3 is 11.9 Å². The number of aromatic amines is 1. The summed E-state index contributed by atoms with van der Waals surface area (Å²) in [7, 11) is 0. The Labute approximate surface area is 127 Å². The van der Waals surface area contributed by atoms with Crippen molar-refractivity contribution in [1.29, 1.82) is 0 Å². The van der Waals surface area contributed by atoms with E-state index in [9.17, 15) is 27.6 Å². The molecule has 1 atom stereocenters. The van der Waals surface area contributed by atoms with Gasteiger partial charge in [0.15, 0.2) is 0 Å². The van der Waals surface area contributed by atoms with Crippen LogP contribution in [0.25, 0.3) is 10.9 Å². The van der Waals surface area contributed by atoms with Crippen molar-refractivity contribution >= 4 is 16.8 Å². The van der Waals surface area contributed by atoms with Gasteiger partial charge in [0.2, 0.25) is 5.91 Å². The number of amides is 1. The average molecular weight is 327 g/mol. The van der Waals surface area contributed by atoms with Crippen LogP contribution in [0, 0.1) is 0 Å². The molecule has 0 aliphatic carbocycles. The second-order valence-corrected chi connectivity index (χ2v) is 5.33. The fourth-order valence-electron chi connectivity index (χ4n) is 2.79. The third-order valence-electron chi connectivity index (χ3n) is 3.79. The number of hydrogen-bond acceptors (Lipinski definition) is 3. The number of carbonyl (C=O) groups is 1. The SMILES string of the molecule is O=C1[C@@H](n2c(=O)[nH]c3ccccc3c2=O)CCN1CC(F)(F)F. The predicted molar refractivity (Wildman–Crippen MR) is 75.1 cm³/mol. The summed E-state index contributed by atoms with van der Waals surface area (Å²) < 4.78 is 38.1. The number of fused-ring (bicyclic) bond motifs is 1. The summed E-state index contributed by atoms with van der Waals surface area (Å²) >= 11 is 0. The van der Waals surface area contributed by atoms with E-state index in [0.717, 1.165) is 0 Å². The molecule has 0 spiro atoms. The maximum Gasteiger partial charge on any atom is 0.406 e. The molecule has 1 saturated heterocycles. The minimum absolute atomic E-state index is 0.0176. The molecule has 0 bridgehead atoms. The van der Waals surface area contributed by atoms with Gasteiger partial charge < -0.3 is 9.88 Å². The first kappa shape index (κ1) is 15.3. The highest BCUT2D eigenvalue weighted by atomic mass is 19.4. The second-order valence-electron chi connectivity index (χ2n) is 5.33. The van der Waals surface area contributed by atoms with Crippen LogP contribution in [0.3, 0.4) is 0 Å². The van der Waals surface area contributed by atoms with Gasteiger partial charge in [-0.2, -0.15) is 13.2 Å². The Morgan fingerprint density at radius 3 is 2.57 bits per heavy atom. The van der Waals surface area contributed by atoms with Gasteiger partial charge in [0.25, 0.3) is 5.56 Å². The van der Waals surface area contributed by atoms with E-state index in [2.05, 4.69) is 4.98 Å². The van der Waals surface area contributed by atoms with Crippen LogP contribution in [0.15, 0.2) is 33.9 Å². The monoisotopic (exact) mass is 327 g/mol. The number of nitrogens with one attached hydrogen (secondary N) is 1. The first-order valence-corrected chi connectivity index (χ1v) is 6.87. The number of carbonyl (C=O) groups excluding carboxylic acids is 1. The summed E-state index contributed by atoms with van der Waals surface area (Å²) in [5.41, 5.74) is -1.17. The molecule has 9 heteroatoms. The molecule has 1 aliphatic heterocycles. The minimum Gasteiger partial charge on any atom is -0.332 e. The Bertz CT molecular complexity index is 884. The quantitative estimate of drug-likeness (QED) is 0.895. The molecule has 23 heavy (non-hydrogen) atoms.